The fourth-order valence-corrected chi connectivity index (χ4v) is 6.14. The van der Waals surface area contributed by atoms with Gasteiger partial charge >= 0.3 is 11.9 Å². The molecule has 1 rings (SSSR count). The van der Waals surface area contributed by atoms with Crippen molar-refractivity contribution >= 4 is 11.9 Å². The summed E-state index contributed by atoms with van der Waals surface area (Å²) in [5.41, 5.74) is 0. The molecule has 0 spiro atoms. The first-order valence-corrected chi connectivity index (χ1v) is 30.6. The van der Waals surface area contributed by atoms with E-state index in [1.165, 1.54) is 0 Å². The largest absolute Gasteiger partial charge is 0.481 e. The van der Waals surface area contributed by atoms with Gasteiger partial charge in [0.05, 0.1) is 343 Å². The zero-order valence-corrected chi connectivity index (χ0v) is 52.3. The average Bonchev–Trinajstić information content (AvgIpc) is 4.05. The minimum atomic E-state index is -0.881. The lowest BCUT2D eigenvalue weighted by Crippen LogP contribution is -2.23. The van der Waals surface area contributed by atoms with E-state index in [1.54, 1.807) is 0 Å². The van der Waals surface area contributed by atoms with Crippen molar-refractivity contribution in [2.45, 2.75) is 12.8 Å². The second-order valence-electron chi connectivity index (χ2n) is 17.6. The first-order chi connectivity index (χ1) is 43.7. The third-order valence-corrected chi connectivity index (χ3v) is 10.5. The predicted molar refractivity (Wildman–Crippen MR) is 307 cm³/mol. The lowest BCUT2D eigenvalue weighted by Gasteiger charge is -2.10. The molecule has 0 aromatic carbocycles. The highest BCUT2D eigenvalue weighted by atomic mass is 17.2. The monoisotopic (exact) mass is 1290 g/mol. The summed E-state index contributed by atoms with van der Waals surface area (Å²) >= 11 is 0. The van der Waals surface area contributed by atoms with Gasteiger partial charge in [-0.2, -0.15) is 0 Å². The maximum Gasteiger partial charge on any atom is 0.333 e. The Kier molecular flexibility index (Phi) is 72.0. The SMILES string of the molecule is O=C(O)CCOCCOCCOCCOCCOCCOCCOCCOCCOCCOCCOCCOCCOCCOCCOCCOCCOCCOCCOCCOCCOCCOCCOCCOCCOCCC(=O)ON1OCCO1. The van der Waals surface area contributed by atoms with Gasteiger partial charge in [-0.05, 0) is 0 Å². The van der Waals surface area contributed by atoms with Crippen molar-refractivity contribution in [2.24, 2.45) is 0 Å². The maximum atomic E-state index is 11.6. The van der Waals surface area contributed by atoms with Crippen LogP contribution in [0.5, 0.6) is 0 Å². The fraction of sp³-hybridized carbons (Fsp3) is 0.964. The van der Waals surface area contributed by atoms with Crippen LogP contribution in [0.1, 0.15) is 12.8 Å². The molecule has 0 aromatic heterocycles. The van der Waals surface area contributed by atoms with Crippen molar-refractivity contribution < 1.29 is 148 Å². The minimum Gasteiger partial charge on any atom is -0.481 e. The summed E-state index contributed by atoms with van der Waals surface area (Å²) in [6.07, 6.45) is 0.0638. The molecule has 0 radical (unpaired) electrons. The maximum absolute atomic E-state index is 11.6. The van der Waals surface area contributed by atoms with Crippen molar-refractivity contribution in [3.63, 3.8) is 0 Å². The van der Waals surface area contributed by atoms with Crippen LogP contribution < -0.4 is 0 Å². The lowest BCUT2D eigenvalue weighted by atomic mass is 10.5. The van der Waals surface area contributed by atoms with Gasteiger partial charge < -0.3 is 128 Å². The van der Waals surface area contributed by atoms with Crippen molar-refractivity contribution in [3.8, 4) is 0 Å². The van der Waals surface area contributed by atoms with Gasteiger partial charge in [-0.25, -0.2) is 9.68 Å². The molecule has 1 heterocycles. The molecular formula is C56H109NO31. The zero-order valence-electron chi connectivity index (χ0n) is 52.3. The van der Waals surface area contributed by atoms with Crippen LogP contribution in [0.4, 0.5) is 0 Å². The average molecular weight is 1290 g/mol. The molecule has 1 fully saturated rings. The Bertz CT molecular complexity index is 1360. The van der Waals surface area contributed by atoms with Crippen LogP contribution >= 0.6 is 0 Å². The number of nitrogens with zero attached hydrogens (tertiary/aromatic N) is 1. The summed E-state index contributed by atoms with van der Waals surface area (Å²) in [7, 11) is 0. The van der Waals surface area contributed by atoms with Crippen LogP contribution in [0.15, 0.2) is 0 Å². The van der Waals surface area contributed by atoms with Gasteiger partial charge in [0.15, 0.2) is 0 Å². The number of aliphatic carboxylic acids is 1. The topological polar surface area (TPSA) is 316 Å². The molecule has 0 aromatic rings. The summed E-state index contributed by atoms with van der Waals surface area (Å²) in [6, 6.07) is 0. The van der Waals surface area contributed by atoms with Crippen molar-refractivity contribution in [2.75, 3.05) is 344 Å². The van der Waals surface area contributed by atoms with E-state index >= 15 is 0 Å². The van der Waals surface area contributed by atoms with Gasteiger partial charge in [0.25, 0.3) is 0 Å². The lowest BCUT2D eigenvalue weighted by molar-refractivity contribution is -0.460. The van der Waals surface area contributed by atoms with Crippen LogP contribution in [0.2, 0.25) is 0 Å². The van der Waals surface area contributed by atoms with Crippen LogP contribution in [-0.4, -0.2) is 366 Å². The summed E-state index contributed by atoms with van der Waals surface area (Å²) in [4.78, 5) is 36.5. The van der Waals surface area contributed by atoms with Gasteiger partial charge in [0, 0.05) is 0 Å². The molecule has 0 aliphatic carbocycles. The Labute approximate surface area is 520 Å². The Morgan fingerprint density at radius 1 is 0.216 bits per heavy atom. The van der Waals surface area contributed by atoms with E-state index in [4.69, 9.17) is 138 Å². The van der Waals surface area contributed by atoms with E-state index in [9.17, 15) is 9.59 Å². The van der Waals surface area contributed by atoms with E-state index in [-0.39, 0.29) is 26.1 Å². The van der Waals surface area contributed by atoms with Gasteiger partial charge in [-0.3, -0.25) is 9.59 Å². The van der Waals surface area contributed by atoms with Crippen LogP contribution in [0, 0.1) is 0 Å². The summed E-state index contributed by atoms with van der Waals surface area (Å²) in [5, 5.41) is 9.23. The summed E-state index contributed by atoms with van der Waals surface area (Å²) < 4.78 is 137. The molecule has 88 heavy (non-hydrogen) atoms. The van der Waals surface area contributed by atoms with Gasteiger partial charge in [0.1, 0.15) is 18.6 Å². The number of hydrogen-bond acceptors (Lipinski definition) is 31. The van der Waals surface area contributed by atoms with Gasteiger partial charge in [-0.15, -0.1) is 0 Å². The van der Waals surface area contributed by atoms with Gasteiger partial charge in [-0.1, -0.05) is 0 Å². The minimum absolute atomic E-state index is 0.0115. The molecule has 0 saturated carbocycles. The molecule has 0 bridgehead atoms. The molecule has 32 nitrogen and oxygen atoms in total. The number of carbonyl (C=O) groups is 2. The number of carboxylic acid groups (broad SMARTS) is 1. The zero-order chi connectivity index (χ0) is 62.7. The number of hydrogen-bond donors (Lipinski definition) is 1. The Hall–Kier alpha value is -2.18. The number of carbonyl (C=O) groups excluding carboxylic acids is 1. The number of ether oxygens (including phenoxy) is 25. The first kappa shape index (κ1) is 83.8. The van der Waals surface area contributed by atoms with Crippen molar-refractivity contribution in [1.29, 1.82) is 0 Å². The molecule has 1 aliphatic rings. The molecule has 1 aliphatic heterocycles. The van der Waals surface area contributed by atoms with E-state index in [0.717, 1.165) is 0 Å². The van der Waals surface area contributed by atoms with E-state index in [1.807, 2.05) is 0 Å². The third kappa shape index (κ3) is 72.9. The quantitative estimate of drug-likeness (QED) is 0.0778. The third-order valence-electron chi connectivity index (χ3n) is 10.5. The summed E-state index contributed by atoms with van der Waals surface area (Å²) in [6.45, 7) is 23.2. The van der Waals surface area contributed by atoms with Crippen LogP contribution in [0.3, 0.4) is 0 Å². The Morgan fingerprint density at radius 3 is 0.477 bits per heavy atom. The molecule has 524 valence electrons. The second-order valence-corrected chi connectivity index (χ2v) is 17.6. The first-order valence-electron chi connectivity index (χ1n) is 30.6. The smallest absolute Gasteiger partial charge is 0.333 e. The van der Waals surface area contributed by atoms with Crippen molar-refractivity contribution in [1.82, 2.24) is 5.39 Å². The van der Waals surface area contributed by atoms with Crippen molar-refractivity contribution in [3.05, 3.63) is 0 Å². The molecule has 1 N–H and O–H groups in total. The Balaban J connectivity index is 1.58. The molecule has 32 heteroatoms. The highest BCUT2D eigenvalue weighted by Crippen LogP contribution is 2.04. The molecule has 1 saturated heterocycles. The Morgan fingerprint density at radius 2 is 0.341 bits per heavy atom. The van der Waals surface area contributed by atoms with E-state index in [0.29, 0.717) is 336 Å². The normalized spacial score (nSPS) is 12.8. The fourth-order valence-electron chi connectivity index (χ4n) is 6.14. The second kappa shape index (κ2) is 75.5. The molecule has 0 atom stereocenters. The predicted octanol–water partition coefficient (Wildman–Crippen LogP) is -0.0968. The highest BCUT2D eigenvalue weighted by Gasteiger charge is 2.19. The number of rotatable bonds is 79. The van der Waals surface area contributed by atoms with Gasteiger partial charge in [0.2, 0.25) is 0 Å². The molecule has 0 amide bonds. The summed E-state index contributed by atoms with van der Waals surface area (Å²) in [5.74, 6) is -1.39. The van der Waals surface area contributed by atoms with Crippen LogP contribution in [-0.2, 0) is 143 Å². The molecular weight excluding hydrogens is 1180 g/mol. The molecule has 0 unspecified atom stereocenters. The number of carboxylic acids is 1. The standard InChI is InChI=1S/C56H109NO31/c58-55(59)1-3-61-5-7-63-9-11-65-13-15-67-17-19-69-21-23-71-25-27-73-29-31-75-33-35-77-37-39-79-41-43-81-45-47-83-49-51-85-52-50-84-48-46-82-44-42-80-40-38-78-36-34-76-32-30-74-28-26-72-24-22-70-20-18-68-16-14-66-12-10-64-8-6-62-4-2-56(60)88-57-86-53-54-87-57/h1-54H2,(H,58,59). The van der Waals surface area contributed by atoms with E-state index in [2.05, 4.69) is 0 Å². The van der Waals surface area contributed by atoms with Crippen LogP contribution in [0.25, 0.3) is 0 Å². The highest BCUT2D eigenvalue weighted by molar-refractivity contribution is 5.69. The van der Waals surface area contributed by atoms with E-state index < -0.39 is 11.9 Å².